The lowest BCUT2D eigenvalue weighted by molar-refractivity contribution is 0.208. The highest BCUT2D eigenvalue weighted by Gasteiger charge is 2.22. The molecule has 0 amide bonds. The largest absolute Gasteiger partial charge is 0.396 e. The molecule has 18 heavy (non-hydrogen) atoms. The Hall–Kier alpha value is -0.840. The number of piperidine rings is 1. The van der Waals surface area contributed by atoms with Gasteiger partial charge >= 0.3 is 0 Å². The van der Waals surface area contributed by atoms with Crippen LogP contribution in [0.4, 0.5) is 5.13 Å². The van der Waals surface area contributed by atoms with Crippen LogP contribution in [0.2, 0.25) is 5.02 Å². The summed E-state index contributed by atoms with van der Waals surface area (Å²) in [4.78, 5) is 6.90. The molecule has 3 nitrogen and oxygen atoms in total. The number of aliphatic hydroxyl groups is 1. The summed E-state index contributed by atoms with van der Waals surface area (Å²) in [7, 11) is 0. The van der Waals surface area contributed by atoms with Gasteiger partial charge in [-0.05, 0) is 30.9 Å². The maximum atomic E-state index is 9.27. The number of thiazole rings is 1. The molecule has 1 aromatic carbocycles. The van der Waals surface area contributed by atoms with Crippen molar-refractivity contribution in [2.45, 2.75) is 12.8 Å². The van der Waals surface area contributed by atoms with Gasteiger partial charge in [0.25, 0.3) is 0 Å². The molecule has 0 spiro atoms. The average Bonchev–Trinajstić information content (AvgIpc) is 2.84. The van der Waals surface area contributed by atoms with Crippen LogP contribution in [0.5, 0.6) is 0 Å². The monoisotopic (exact) mass is 282 g/mol. The third kappa shape index (κ3) is 2.20. The van der Waals surface area contributed by atoms with E-state index in [4.69, 9.17) is 11.6 Å². The summed E-state index contributed by atoms with van der Waals surface area (Å²) in [5, 5.41) is 11.0. The number of hydrogen-bond acceptors (Lipinski definition) is 4. The molecule has 0 saturated carbocycles. The standard InChI is InChI=1S/C13H15ClN2OS/c14-10-4-1-5-11-12(10)15-13(18-11)16-6-2-3-9(7-16)8-17/h1,4-5,9,17H,2-3,6-8H2. The lowest BCUT2D eigenvalue weighted by atomic mass is 10.00. The van der Waals surface area contributed by atoms with E-state index in [1.54, 1.807) is 11.3 Å². The molecule has 1 aliphatic heterocycles. The Morgan fingerprint density at radius 3 is 3.17 bits per heavy atom. The van der Waals surface area contributed by atoms with Gasteiger partial charge in [0.15, 0.2) is 5.13 Å². The van der Waals surface area contributed by atoms with Crippen LogP contribution in [-0.4, -0.2) is 29.8 Å². The fourth-order valence-corrected chi connectivity index (χ4v) is 3.73. The molecule has 96 valence electrons. The van der Waals surface area contributed by atoms with Crippen LogP contribution in [0.25, 0.3) is 10.2 Å². The maximum absolute atomic E-state index is 9.27. The Morgan fingerprint density at radius 1 is 1.50 bits per heavy atom. The van der Waals surface area contributed by atoms with Crippen molar-refractivity contribution in [3.63, 3.8) is 0 Å². The Bertz CT molecular complexity index is 557. The van der Waals surface area contributed by atoms with Crippen LogP contribution >= 0.6 is 22.9 Å². The van der Waals surface area contributed by atoms with Crippen molar-refractivity contribution < 1.29 is 5.11 Å². The van der Waals surface area contributed by atoms with Crippen LogP contribution in [0.1, 0.15) is 12.8 Å². The molecular formula is C13H15ClN2OS. The van der Waals surface area contributed by atoms with E-state index in [1.807, 2.05) is 12.1 Å². The minimum atomic E-state index is 0.266. The molecule has 3 rings (SSSR count). The summed E-state index contributed by atoms with van der Waals surface area (Å²) >= 11 is 7.83. The molecule has 1 fully saturated rings. The van der Waals surface area contributed by atoms with Crippen molar-refractivity contribution in [1.29, 1.82) is 0 Å². The van der Waals surface area contributed by atoms with E-state index in [2.05, 4.69) is 16.0 Å². The smallest absolute Gasteiger partial charge is 0.186 e. The zero-order valence-electron chi connectivity index (χ0n) is 9.97. The second-order valence-electron chi connectivity index (χ2n) is 4.72. The number of anilines is 1. The normalized spacial score (nSPS) is 20.6. The van der Waals surface area contributed by atoms with Gasteiger partial charge in [-0.3, -0.25) is 0 Å². The van der Waals surface area contributed by atoms with Crippen molar-refractivity contribution in [3.8, 4) is 0 Å². The molecule has 1 saturated heterocycles. The Balaban J connectivity index is 1.92. The van der Waals surface area contributed by atoms with Gasteiger partial charge in [0.2, 0.25) is 0 Å². The van der Waals surface area contributed by atoms with Crippen molar-refractivity contribution in [2.24, 2.45) is 5.92 Å². The molecule has 1 N–H and O–H groups in total. The number of aromatic nitrogens is 1. The van der Waals surface area contributed by atoms with E-state index in [0.29, 0.717) is 10.9 Å². The maximum Gasteiger partial charge on any atom is 0.186 e. The number of benzene rings is 1. The molecule has 0 bridgehead atoms. The van der Waals surface area contributed by atoms with E-state index < -0.39 is 0 Å². The zero-order valence-corrected chi connectivity index (χ0v) is 11.5. The van der Waals surface area contributed by atoms with Crippen molar-refractivity contribution in [3.05, 3.63) is 23.2 Å². The number of rotatable bonds is 2. The molecular weight excluding hydrogens is 268 g/mol. The Labute approximate surface area is 115 Å². The Kier molecular flexibility index (Phi) is 3.41. The SMILES string of the molecule is OCC1CCCN(c2nc3c(Cl)cccc3s2)C1. The first-order valence-corrected chi connectivity index (χ1v) is 7.38. The van der Waals surface area contributed by atoms with Crippen LogP contribution in [-0.2, 0) is 0 Å². The van der Waals surface area contributed by atoms with Crippen molar-refractivity contribution >= 4 is 38.3 Å². The highest BCUT2D eigenvalue weighted by molar-refractivity contribution is 7.22. The summed E-state index contributed by atoms with van der Waals surface area (Å²) in [5.41, 5.74) is 0.894. The first kappa shape index (κ1) is 12.2. The van der Waals surface area contributed by atoms with Crippen LogP contribution < -0.4 is 4.90 Å². The highest BCUT2D eigenvalue weighted by Crippen LogP contribution is 2.34. The molecule has 1 aliphatic rings. The van der Waals surface area contributed by atoms with Crippen molar-refractivity contribution in [1.82, 2.24) is 4.98 Å². The second kappa shape index (κ2) is 5.03. The summed E-state index contributed by atoms with van der Waals surface area (Å²) in [6.07, 6.45) is 2.23. The number of fused-ring (bicyclic) bond motifs is 1. The van der Waals surface area contributed by atoms with E-state index in [0.717, 1.165) is 41.3 Å². The molecule has 0 aliphatic carbocycles. The number of hydrogen-bond donors (Lipinski definition) is 1. The second-order valence-corrected chi connectivity index (χ2v) is 6.14. The molecule has 1 aromatic heterocycles. The fourth-order valence-electron chi connectivity index (χ4n) is 2.43. The number of para-hydroxylation sites is 1. The van der Waals surface area contributed by atoms with Gasteiger partial charge in [0.05, 0.1) is 9.72 Å². The molecule has 1 unspecified atom stereocenters. The van der Waals surface area contributed by atoms with Gasteiger partial charge < -0.3 is 10.0 Å². The van der Waals surface area contributed by atoms with Gasteiger partial charge in [-0.25, -0.2) is 4.98 Å². The van der Waals surface area contributed by atoms with Gasteiger partial charge in [-0.1, -0.05) is 29.0 Å². The topological polar surface area (TPSA) is 36.4 Å². The Morgan fingerprint density at radius 2 is 2.39 bits per heavy atom. The average molecular weight is 283 g/mol. The predicted molar refractivity (Wildman–Crippen MR) is 76.7 cm³/mol. The van der Waals surface area contributed by atoms with Gasteiger partial charge in [-0.2, -0.15) is 0 Å². The summed E-state index contributed by atoms with van der Waals surface area (Å²) in [6.45, 7) is 2.18. The zero-order chi connectivity index (χ0) is 12.5. The van der Waals surface area contributed by atoms with E-state index >= 15 is 0 Å². The number of halogens is 1. The molecule has 5 heteroatoms. The summed E-state index contributed by atoms with van der Waals surface area (Å²) in [6, 6.07) is 5.88. The lowest BCUT2D eigenvalue weighted by Crippen LogP contribution is -2.36. The number of aliphatic hydroxyl groups excluding tert-OH is 1. The minimum Gasteiger partial charge on any atom is -0.396 e. The number of nitrogens with zero attached hydrogens (tertiary/aromatic N) is 2. The van der Waals surface area contributed by atoms with E-state index in [9.17, 15) is 5.11 Å². The predicted octanol–water partition coefficient (Wildman–Crippen LogP) is 3.16. The van der Waals surface area contributed by atoms with Crippen molar-refractivity contribution in [2.75, 3.05) is 24.6 Å². The quantitative estimate of drug-likeness (QED) is 0.919. The van der Waals surface area contributed by atoms with Gasteiger partial charge in [0.1, 0.15) is 5.52 Å². The van der Waals surface area contributed by atoms with Gasteiger partial charge in [0, 0.05) is 19.7 Å². The summed E-state index contributed by atoms with van der Waals surface area (Å²) < 4.78 is 1.13. The molecule has 0 radical (unpaired) electrons. The third-order valence-electron chi connectivity index (χ3n) is 3.41. The van der Waals surface area contributed by atoms with Gasteiger partial charge in [-0.15, -0.1) is 0 Å². The first-order chi connectivity index (χ1) is 8.78. The third-order valence-corrected chi connectivity index (χ3v) is 4.79. The first-order valence-electron chi connectivity index (χ1n) is 6.19. The summed E-state index contributed by atoms with van der Waals surface area (Å²) in [5.74, 6) is 0.376. The van der Waals surface area contributed by atoms with E-state index in [-0.39, 0.29) is 6.61 Å². The minimum absolute atomic E-state index is 0.266. The highest BCUT2D eigenvalue weighted by atomic mass is 35.5. The molecule has 2 aromatic rings. The van der Waals surface area contributed by atoms with Crippen LogP contribution in [0.3, 0.4) is 0 Å². The molecule has 2 heterocycles. The molecule has 1 atom stereocenters. The van der Waals surface area contributed by atoms with Crippen LogP contribution in [0.15, 0.2) is 18.2 Å². The lowest BCUT2D eigenvalue weighted by Gasteiger charge is -2.31. The van der Waals surface area contributed by atoms with E-state index in [1.165, 1.54) is 0 Å². The fraction of sp³-hybridized carbons (Fsp3) is 0.462. The van der Waals surface area contributed by atoms with Crippen LogP contribution in [0, 0.1) is 5.92 Å².